The molecule has 0 radical (unpaired) electrons. The van der Waals surface area contributed by atoms with Gasteiger partial charge in [0.2, 0.25) is 5.91 Å². The molecule has 0 unspecified atom stereocenters. The van der Waals surface area contributed by atoms with Crippen LogP contribution in [0.4, 0.5) is 10.1 Å². The fourth-order valence-electron chi connectivity index (χ4n) is 3.33. The molecule has 0 bridgehead atoms. The Hall–Kier alpha value is -2.62. The molecule has 1 aliphatic rings. The molecule has 1 saturated heterocycles. The lowest BCUT2D eigenvalue weighted by Gasteiger charge is -2.32. The highest BCUT2D eigenvalue weighted by Gasteiger charge is 2.16. The highest BCUT2D eigenvalue weighted by atomic mass is 19.1. The van der Waals surface area contributed by atoms with Crippen molar-refractivity contribution in [2.24, 2.45) is 5.92 Å². The van der Waals surface area contributed by atoms with Gasteiger partial charge in [-0.1, -0.05) is 31.2 Å². The predicted molar refractivity (Wildman–Crippen MR) is 109 cm³/mol. The van der Waals surface area contributed by atoms with Crippen LogP contribution in [0, 0.1) is 11.7 Å². The summed E-state index contributed by atoms with van der Waals surface area (Å²) < 4.78 is 12.9. The van der Waals surface area contributed by atoms with Crippen molar-refractivity contribution in [3.8, 4) is 0 Å². The number of carbonyl (C=O) groups excluding carboxylic acids is 1. The second kappa shape index (κ2) is 8.85. The highest BCUT2D eigenvalue weighted by molar-refractivity contribution is 5.91. The Morgan fingerprint density at radius 3 is 2.37 bits per heavy atom. The van der Waals surface area contributed by atoms with Gasteiger partial charge in [0.1, 0.15) is 5.82 Å². The maximum atomic E-state index is 12.9. The number of amides is 1. The lowest BCUT2D eigenvalue weighted by Crippen LogP contribution is -2.32. The Labute approximate surface area is 160 Å². The molecule has 4 heteroatoms. The van der Waals surface area contributed by atoms with Crippen LogP contribution in [0.1, 0.15) is 43.9 Å². The summed E-state index contributed by atoms with van der Waals surface area (Å²) in [6.07, 6.45) is 5.65. The van der Waals surface area contributed by atoms with Crippen LogP contribution in [-0.2, 0) is 4.79 Å². The first-order chi connectivity index (χ1) is 13.0. The van der Waals surface area contributed by atoms with Crippen LogP contribution in [-0.4, -0.2) is 19.0 Å². The molecule has 2 aromatic carbocycles. The summed E-state index contributed by atoms with van der Waals surface area (Å²) in [5.74, 6) is 0.368. The number of anilines is 1. The van der Waals surface area contributed by atoms with Crippen LogP contribution in [0.15, 0.2) is 54.6 Å². The lowest BCUT2D eigenvalue weighted by molar-refractivity contribution is -0.117. The van der Waals surface area contributed by atoms with E-state index >= 15 is 0 Å². The van der Waals surface area contributed by atoms with Gasteiger partial charge in [-0.05, 0) is 67.2 Å². The normalized spacial score (nSPS) is 16.5. The molecule has 0 spiro atoms. The van der Waals surface area contributed by atoms with Gasteiger partial charge in [0.05, 0.1) is 6.04 Å². The quantitative estimate of drug-likeness (QED) is 0.759. The van der Waals surface area contributed by atoms with E-state index in [4.69, 9.17) is 0 Å². The zero-order valence-electron chi connectivity index (χ0n) is 16.0. The fourth-order valence-corrected chi connectivity index (χ4v) is 3.33. The van der Waals surface area contributed by atoms with E-state index < -0.39 is 0 Å². The zero-order valence-corrected chi connectivity index (χ0v) is 16.0. The van der Waals surface area contributed by atoms with E-state index in [1.54, 1.807) is 18.2 Å². The summed E-state index contributed by atoms with van der Waals surface area (Å²) in [4.78, 5) is 14.6. The number of rotatable bonds is 5. The molecule has 2 aromatic rings. The van der Waals surface area contributed by atoms with Gasteiger partial charge in [0.15, 0.2) is 0 Å². The van der Waals surface area contributed by atoms with Crippen LogP contribution < -0.4 is 10.2 Å². The molecule has 1 heterocycles. The van der Waals surface area contributed by atoms with Gasteiger partial charge in [-0.2, -0.15) is 0 Å². The fraction of sp³-hybridized carbons (Fsp3) is 0.348. The highest BCUT2D eigenvalue weighted by Crippen LogP contribution is 2.24. The number of nitrogens with one attached hydrogen (secondary N) is 1. The minimum atomic E-state index is -0.285. The molecule has 0 aromatic heterocycles. The van der Waals surface area contributed by atoms with Crippen LogP contribution >= 0.6 is 0 Å². The molecule has 0 saturated carbocycles. The Balaban J connectivity index is 1.54. The molecule has 1 N–H and O–H groups in total. The van der Waals surface area contributed by atoms with E-state index in [-0.39, 0.29) is 17.8 Å². The third-order valence-corrected chi connectivity index (χ3v) is 5.20. The van der Waals surface area contributed by atoms with Gasteiger partial charge in [0.25, 0.3) is 0 Å². The van der Waals surface area contributed by atoms with Gasteiger partial charge in [0, 0.05) is 24.9 Å². The van der Waals surface area contributed by atoms with Crippen LogP contribution in [0.5, 0.6) is 0 Å². The molecule has 1 atom stereocenters. The van der Waals surface area contributed by atoms with E-state index in [9.17, 15) is 9.18 Å². The molecule has 1 amide bonds. The minimum Gasteiger partial charge on any atom is -0.372 e. The number of nitrogens with zero attached hydrogens (tertiary/aromatic N) is 1. The number of hydrogen-bond donors (Lipinski definition) is 1. The SMILES string of the molecule is CC1CCN(c2ccc([C@@H](C)NC(=O)/C=C/c3ccc(F)cc3)cc2)CC1. The number of piperidine rings is 1. The molecule has 27 heavy (non-hydrogen) atoms. The van der Waals surface area contributed by atoms with Crippen molar-refractivity contribution in [2.75, 3.05) is 18.0 Å². The van der Waals surface area contributed by atoms with E-state index in [0.29, 0.717) is 0 Å². The number of carbonyl (C=O) groups is 1. The molecule has 1 aliphatic heterocycles. The van der Waals surface area contributed by atoms with Crippen LogP contribution in [0.2, 0.25) is 0 Å². The van der Waals surface area contributed by atoms with Crippen LogP contribution in [0.3, 0.4) is 0 Å². The zero-order chi connectivity index (χ0) is 19.2. The Morgan fingerprint density at radius 1 is 1.11 bits per heavy atom. The Morgan fingerprint density at radius 2 is 1.74 bits per heavy atom. The minimum absolute atomic E-state index is 0.0780. The van der Waals surface area contributed by atoms with Crippen molar-refractivity contribution in [1.29, 1.82) is 0 Å². The van der Waals surface area contributed by atoms with E-state index in [1.807, 2.05) is 6.92 Å². The largest absolute Gasteiger partial charge is 0.372 e. The average molecular weight is 366 g/mol. The second-order valence-electron chi connectivity index (χ2n) is 7.38. The van der Waals surface area contributed by atoms with Gasteiger partial charge in [-0.15, -0.1) is 0 Å². The summed E-state index contributed by atoms with van der Waals surface area (Å²) in [5.41, 5.74) is 3.12. The average Bonchev–Trinajstić information content (AvgIpc) is 2.68. The van der Waals surface area contributed by atoms with Gasteiger partial charge >= 0.3 is 0 Å². The Bertz CT molecular complexity index is 775. The second-order valence-corrected chi connectivity index (χ2v) is 7.38. The summed E-state index contributed by atoms with van der Waals surface area (Å²) in [6.45, 7) is 6.51. The van der Waals surface area contributed by atoms with Gasteiger partial charge in [-0.3, -0.25) is 4.79 Å². The van der Waals surface area contributed by atoms with Crippen molar-refractivity contribution in [2.45, 2.75) is 32.7 Å². The third kappa shape index (κ3) is 5.43. The van der Waals surface area contributed by atoms with Crippen molar-refractivity contribution >= 4 is 17.7 Å². The topological polar surface area (TPSA) is 32.3 Å². The molecule has 0 aliphatic carbocycles. The van der Waals surface area contributed by atoms with Crippen molar-refractivity contribution < 1.29 is 9.18 Å². The molecular weight excluding hydrogens is 339 g/mol. The van der Waals surface area contributed by atoms with E-state index in [0.717, 1.165) is 30.1 Å². The maximum absolute atomic E-state index is 12.9. The number of hydrogen-bond acceptors (Lipinski definition) is 2. The van der Waals surface area contributed by atoms with Crippen molar-refractivity contribution in [3.63, 3.8) is 0 Å². The van der Waals surface area contributed by atoms with Crippen LogP contribution in [0.25, 0.3) is 6.08 Å². The summed E-state index contributed by atoms with van der Waals surface area (Å²) in [6, 6.07) is 14.4. The summed E-state index contributed by atoms with van der Waals surface area (Å²) >= 11 is 0. The van der Waals surface area contributed by atoms with Crippen molar-refractivity contribution in [1.82, 2.24) is 5.32 Å². The van der Waals surface area contributed by atoms with Crippen molar-refractivity contribution in [3.05, 3.63) is 71.6 Å². The third-order valence-electron chi connectivity index (χ3n) is 5.20. The smallest absolute Gasteiger partial charge is 0.244 e. The monoisotopic (exact) mass is 366 g/mol. The molecule has 1 fully saturated rings. The summed E-state index contributed by atoms with van der Waals surface area (Å²) in [7, 11) is 0. The van der Waals surface area contributed by atoms with Gasteiger partial charge < -0.3 is 10.2 Å². The maximum Gasteiger partial charge on any atom is 0.244 e. The molecular formula is C23H27FN2O. The number of benzene rings is 2. The first-order valence-electron chi connectivity index (χ1n) is 9.60. The lowest BCUT2D eigenvalue weighted by atomic mass is 9.98. The predicted octanol–water partition coefficient (Wildman–Crippen LogP) is 4.95. The van der Waals surface area contributed by atoms with Gasteiger partial charge in [-0.25, -0.2) is 4.39 Å². The number of halogens is 1. The molecule has 142 valence electrons. The van der Waals surface area contributed by atoms with E-state index in [1.165, 1.54) is 36.7 Å². The van der Waals surface area contributed by atoms with E-state index in [2.05, 4.69) is 41.4 Å². The standard InChI is InChI=1S/C23H27FN2O/c1-17-13-15-26(16-14-17)22-10-6-20(7-11-22)18(2)25-23(27)12-5-19-3-8-21(24)9-4-19/h3-12,17-18H,13-16H2,1-2H3,(H,25,27)/b12-5+/t18-/m1/s1. The Kier molecular flexibility index (Phi) is 6.28. The molecule has 3 rings (SSSR count). The molecule has 3 nitrogen and oxygen atoms in total. The first-order valence-corrected chi connectivity index (χ1v) is 9.60. The summed E-state index contributed by atoms with van der Waals surface area (Å²) in [5, 5.41) is 2.97. The first kappa shape index (κ1) is 19.2.